The van der Waals surface area contributed by atoms with Crippen molar-refractivity contribution in [2.45, 2.75) is 44.7 Å². The van der Waals surface area contributed by atoms with Crippen molar-refractivity contribution in [2.75, 3.05) is 0 Å². The summed E-state index contributed by atoms with van der Waals surface area (Å²) >= 11 is 1.59. The number of carbonyl (C=O) groups excluding carboxylic acids is 2. The molecule has 0 atom stereocenters. The number of imide groups is 1. The zero-order valence-corrected chi connectivity index (χ0v) is 17.2. The van der Waals surface area contributed by atoms with Gasteiger partial charge in [0.1, 0.15) is 0 Å². The van der Waals surface area contributed by atoms with Crippen LogP contribution in [0.25, 0.3) is 0 Å². The highest BCUT2D eigenvalue weighted by atomic mass is 79.9. The van der Waals surface area contributed by atoms with E-state index in [0.29, 0.717) is 23.7 Å². The van der Waals surface area contributed by atoms with Gasteiger partial charge in [-0.05, 0) is 25.0 Å². The molecule has 0 spiro atoms. The molecule has 1 fully saturated rings. The smallest absolute Gasteiger partial charge is 0.261 e. The highest BCUT2D eigenvalue weighted by Crippen LogP contribution is 2.24. The first-order valence-corrected chi connectivity index (χ1v) is 9.65. The minimum atomic E-state index is -0.211. The second-order valence-corrected chi connectivity index (χ2v) is 7.57. The predicted octanol–water partition coefficient (Wildman–Crippen LogP) is 3.69. The summed E-state index contributed by atoms with van der Waals surface area (Å²) in [5.74, 6) is -0.421. The quantitative estimate of drug-likeness (QED) is 0.690. The fourth-order valence-electron chi connectivity index (χ4n) is 3.57. The first-order valence-electron chi connectivity index (χ1n) is 8.77. The zero-order valence-electron chi connectivity index (χ0n) is 14.7. The van der Waals surface area contributed by atoms with E-state index in [1.54, 1.807) is 35.6 Å². The fraction of sp³-hybridized carbons (Fsp3) is 0.421. The Balaban J connectivity index is 0.00000196. The van der Waals surface area contributed by atoms with E-state index in [4.69, 9.17) is 4.99 Å². The van der Waals surface area contributed by atoms with Crippen molar-refractivity contribution < 1.29 is 9.59 Å². The van der Waals surface area contributed by atoms with Crippen molar-refractivity contribution in [1.82, 2.24) is 9.47 Å². The third kappa shape index (κ3) is 3.42. The lowest BCUT2D eigenvalue weighted by Crippen LogP contribution is -2.31. The average Bonchev–Trinajstić information content (AvgIpc) is 3.10. The molecule has 138 valence electrons. The van der Waals surface area contributed by atoms with Gasteiger partial charge in [0, 0.05) is 18.1 Å². The highest BCUT2D eigenvalue weighted by molar-refractivity contribution is 8.93. The van der Waals surface area contributed by atoms with Gasteiger partial charge in [-0.2, -0.15) is 0 Å². The standard InChI is InChI=1S/C19H21N3O2S.BrH/c1-21-14(12-25-19(21)20-13-7-3-2-4-8-13)11-22-17(23)15-9-5-6-10-16(15)18(22)24;/h5-6,9-10,12-13H,2-4,7-8,11H2,1H3;1H. The molecule has 1 aliphatic heterocycles. The monoisotopic (exact) mass is 435 g/mol. The van der Waals surface area contributed by atoms with Crippen LogP contribution in [-0.4, -0.2) is 27.3 Å². The number of hydrogen-bond donors (Lipinski definition) is 0. The molecule has 2 aliphatic rings. The Labute approximate surface area is 167 Å². The molecule has 1 aliphatic carbocycles. The Morgan fingerprint density at radius 2 is 1.69 bits per heavy atom. The van der Waals surface area contributed by atoms with E-state index in [1.165, 1.54) is 24.2 Å². The predicted molar refractivity (Wildman–Crippen MR) is 107 cm³/mol. The van der Waals surface area contributed by atoms with E-state index in [0.717, 1.165) is 23.3 Å². The van der Waals surface area contributed by atoms with E-state index in [1.807, 2.05) is 17.0 Å². The Morgan fingerprint density at radius 1 is 1.08 bits per heavy atom. The van der Waals surface area contributed by atoms with Crippen LogP contribution in [0.15, 0.2) is 34.6 Å². The molecule has 0 radical (unpaired) electrons. The Morgan fingerprint density at radius 3 is 2.31 bits per heavy atom. The average molecular weight is 436 g/mol. The molecule has 0 saturated heterocycles. The summed E-state index contributed by atoms with van der Waals surface area (Å²) in [6.07, 6.45) is 6.14. The number of benzene rings is 1. The van der Waals surface area contributed by atoms with Gasteiger partial charge in [0.25, 0.3) is 11.8 Å². The van der Waals surface area contributed by atoms with Gasteiger partial charge in [-0.1, -0.05) is 31.4 Å². The van der Waals surface area contributed by atoms with Crippen molar-refractivity contribution in [2.24, 2.45) is 12.0 Å². The van der Waals surface area contributed by atoms with Crippen molar-refractivity contribution in [3.8, 4) is 0 Å². The second kappa shape index (κ2) is 7.88. The van der Waals surface area contributed by atoms with Crippen LogP contribution < -0.4 is 4.80 Å². The molecule has 5 nitrogen and oxygen atoms in total. The molecule has 2 heterocycles. The number of rotatable bonds is 3. The zero-order chi connectivity index (χ0) is 17.4. The van der Waals surface area contributed by atoms with Crippen molar-refractivity contribution >= 4 is 40.1 Å². The maximum absolute atomic E-state index is 12.5. The molecule has 0 bridgehead atoms. The van der Waals surface area contributed by atoms with Gasteiger partial charge in [0.2, 0.25) is 0 Å². The van der Waals surface area contributed by atoms with Gasteiger partial charge < -0.3 is 4.57 Å². The van der Waals surface area contributed by atoms with Crippen molar-refractivity contribution in [3.63, 3.8) is 0 Å². The molecule has 4 rings (SSSR count). The molecule has 7 heteroatoms. The maximum Gasteiger partial charge on any atom is 0.261 e. The number of halogens is 1. The molecule has 0 N–H and O–H groups in total. The van der Waals surface area contributed by atoms with Crippen LogP contribution in [-0.2, 0) is 13.6 Å². The molecular weight excluding hydrogens is 414 g/mol. The summed E-state index contributed by atoms with van der Waals surface area (Å²) in [7, 11) is 1.96. The molecule has 2 aromatic rings. The van der Waals surface area contributed by atoms with Gasteiger partial charge in [0.05, 0.1) is 23.7 Å². The highest BCUT2D eigenvalue weighted by Gasteiger charge is 2.35. The lowest BCUT2D eigenvalue weighted by Gasteiger charge is -2.17. The van der Waals surface area contributed by atoms with Crippen molar-refractivity contribution in [1.29, 1.82) is 0 Å². The number of nitrogens with zero attached hydrogens (tertiary/aromatic N) is 3. The molecule has 1 saturated carbocycles. The van der Waals surface area contributed by atoms with E-state index in [9.17, 15) is 9.59 Å². The third-order valence-electron chi connectivity index (χ3n) is 5.08. The van der Waals surface area contributed by atoms with Gasteiger partial charge in [-0.15, -0.1) is 28.3 Å². The van der Waals surface area contributed by atoms with Crippen LogP contribution in [0.1, 0.15) is 58.5 Å². The maximum atomic E-state index is 12.5. The third-order valence-corrected chi connectivity index (χ3v) is 6.06. The van der Waals surface area contributed by atoms with E-state index < -0.39 is 0 Å². The number of carbonyl (C=O) groups is 2. The lowest BCUT2D eigenvalue weighted by atomic mass is 9.96. The minimum Gasteiger partial charge on any atom is -0.322 e. The summed E-state index contributed by atoms with van der Waals surface area (Å²) in [5.41, 5.74) is 1.93. The summed E-state index contributed by atoms with van der Waals surface area (Å²) in [5, 5.41) is 2.01. The summed E-state index contributed by atoms with van der Waals surface area (Å²) in [4.78, 5) is 32.2. The van der Waals surface area contributed by atoms with Gasteiger partial charge >= 0.3 is 0 Å². The summed E-state index contributed by atoms with van der Waals surface area (Å²) in [6.45, 7) is 0.291. The van der Waals surface area contributed by atoms with Crippen LogP contribution in [0.2, 0.25) is 0 Å². The van der Waals surface area contributed by atoms with E-state index >= 15 is 0 Å². The molecular formula is C19H22BrN3O2S. The number of aromatic nitrogens is 1. The summed E-state index contributed by atoms with van der Waals surface area (Å²) < 4.78 is 2.02. The van der Waals surface area contributed by atoms with E-state index in [2.05, 4.69) is 0 Å². The molecule has 1 aromatic heterocycles. The van der Waals surface area contributed by atoms with Crippen LogP contribution in [0.3, 0.4) is 0 Å². The van der Waals surface area contributed by atoms with Crippen molar-refractivity contribution in [3.05, 3.63) is 51.3 Å². The Hall–Kier alpha value is -1.73. The number of thiazole rings is 1. The van der Waals surface area contributed by atoms with Crippen LogP contribution in [0, 0.1) is 0 Å². The number of fused-ring (bicyclic) bond motifs is 1. The van der Waals surface area contributed by atoms with Crippen LogP contribution in [0.4, 0.5) is 0 Å². The van der Waals surface area contributed by atoms with Crippen LogP contribution in [0.5, 0.6) is 0 Å². The topological polar surface area (TPSA) is 54.7 Å². The molecule has 2 amide bonds. The second-order valence-electron chi connectivity index (χ2n) is 6.73. The van der Waals surface area contributed by atoms with Gasteiger partial charge in [-0.25, -0.2) is 0 Å². The SMILES string of the molecule is Br.Cn1c(CN2C(=O)c3ccccc3C2=O)csc1=NC1CCCCC1. The minimum absolute atomic E-state index is 0. The molecule has 26 heavy (non-hydrogen) atoms. The largest absolute Gasteiger partial charge is 0.322 e. The van der Waals surface area contributed by atoms with Gasteiger partial charge in [0.15, 0.2) is 4.80 Å². The first kappa shape index (κ1) is 19.0. The molecule has 0 unspecified atom stereocenters. The van der Waals surface area contributed by atoms with Crippen LogP contribution >= 0.6 is 28.3 Å². The summed E-state index contributed by atoms with van der Waals surface area (Å²) in [6, 6.07) is 7.42. The lowest BCUT2D eigenvalue weighted by molar-refractivity contribution is 0.0639. The molecule has 1 aromatic carbocycles. The Kier molecular flexibility index (Phi) is 5.77. The fourth-order valence-corrected chi connectivity index (χ4v) is 4.53. The normalized spacial score (nSPS) is 18.2. The Bertz CT molecular complexity index is 861. The van der Waals surface area contributed by atoms with Gasteiger partial charge in [-0.3, -0.25) is 19.5 Å². The number of hydrogen-bond acceptors (Lipinski definition) is 4. The van der Waals surface area contributed by atoms with E-state index in [-0.39, 0.29) is 28.8 Å². The number of amides is 2. The first-order chi connectivity index (χ1) is 12.1.